The van der Waals surface area contributed by atoms with Crippen LogP contribution in [-0.2, 0) is 16.9 Å². The van der Waals surface area contributed by atoms with Crippen LogP contribution in [0.25, 0.3) is 0 Å². The molecule has 1 aliphatic carbocycles. The molecule has 3 heteroatoms. The summed E-state index contributed by atoms with van der Waals surface area (Å²) >= 11 is 0. The number of hydrogen-bond donors (Lipinski definition) is 1. The number of benzene rings is 1. The molecule has 1 aliphatic rings. The van der Waals surface area contributed by atoms with Crippen LogP contribution in [0.4, 0.5) is 0 Å². The van der Waals surface area contributed by atoms with E-state index in [1.165, 1.54) is 5.56 Å². The third-order valence-corrected chi connectivity index (χ3v) is 3.91. The molecule has 3 rings (SSSR count). The third-order valence-electron chi connectivity index (χ3n) is 3.91. The lowest BCUT2D eigenvalue weighted by Gasteiger charge is -2.43. The summed E-state index contributed by atoms with van der Waals surface area (Å²) in [5, 5.41) is 10.5. The van der Waals surface area contributed by atoms with Gasteiger partial charge in [-0.1, -0.05) is 36.4 Å². The van der Waals surface area contributed by atoms with Crippen molar-refractivity contribution in [3.63, 3.8) is 0 Å². The minimum atomic E-state index is -0.762. The van der Waals surface area contributed by atoms with Crippen molar-refractivity contribution in [2.24, 2.45) is 0 Å². The van der Waals surface area contributed by atoms with E-state index >= 15 is 0 Å². The maximum Gasteiger partial charge on any atom is 0.0960 e. The number of ether oxygens (including phenoxy) is 1. The molecule has 1 aromatic carbocycles. The van der Waals surface area contributed by atoms with Crippen molar-refractivity contribution < 1.29 is 9.84 Å². The van der Waals surface area contributed by atoms with Gasteiger partial charge in [-0.3, -0.25) is 4.98 Å². The van der Waals surface area contributed by atoms with Crippen LogP contribution in [-0.4, -0.2) is 16.2 Å². The fourth-order valence-electron chi connectivity index (χ4n) is 2.58. The van der Waals surface area contributed by atoms with Crippen LogP contribution >= 0.6 is 0 Å². The molecule has 1 fully saturated rings. The third kappa shape index (κ3) is 2.74. The van der Waals surface area contributed by atoms with Crippen LogP contribution < -0.4 is 0 Å². The molecule has 0 bridgehead atoms. The van der Waals surface area contributed by atoms with E-state index in [0.717, 1.165) is 11.3 Å². The van der Waals surface area contributed by atoms with Gasteiger partial charge >= 0.3 is 0 Å². The first kappa shape index (κ1) is 13.3. The van der Waals surface area contributed by atoms with Crippen LogP contribution in [0.2, 0.25) is 0 Å². The Hall–Kier alpha value is -1.71. The molecule has 104 valence electrons. The van der Waals surface area contributed by atoms with Crippen molar-refractivity contribution in [1.82, 2.24) is 4.98 Å². The average Bonchev–Trinajstić information content (AvgIpc) is 2.44. The van der Waals surface area contributed by atoms with Gasteiger partial charge in [0.2, 0.25) is 0 Å². The van der Waals surface area contributed by atoms with E-state index in [-0.39, 0.29) is 6.10 Å². The van der Waals surface area contributed by atoms with Crippen molar-refractivity contribution in [2.75, 3.05) is 0 Å². The zero-order valence-electron chi connectivity index (χ0n) is 11.6. The van der Waals surface area contributed by atoms with Gasteiger partial charge in [0, 0.05) is 30.3 Å². The van der Waals surface area contributed by atoms with E-state index in [0.29, 0.717) is 19.4 Å². The smallest absolute Gasteiger partial charge is 0.0960 e. The fourth-order valence-corrected chi connectivity index (χ4v) is 2.58. The van der Waals surface area contributed by atoms with Gasteiger partial charge < -0.3 is 9.84 Å². The molecule has 1 heterocycles. The van der Waals surface area contributed by atoms with Gasteiger partial charge in [-0.25, -0.2) is 0 Å². The average molecular weight is 269 g/mol. The summed E-state index contributed by atoms with van der Waals surface area (Å²) in [5.41, 5.74) is 2.26. The van der Waals surface area contributed by atoms with Gasteiger partial charge in [0.15, 0.2) is 0 Å². The van der Waals surface area contributed by atoms with E-state index in [2.05, 4.69) is 17.1 Å². The van der Waals surface area contributed by atoms with Crippen LogP contribution in [0.15, 0.2) is 48.7 Å². The predicted molar refractivity (Wildman–Crippen MR) is 77.1 cm³/mol. The van der Waals surface area contributed by atoms with Gasteiger partial charge in [-0.2, -0.15) is 0 Å². The SMILES string of the molecule is Cc1ccc(C2(O)CC(OCc3ccccc3)C2)cn1. The number of rotatable bonds is 4. The molecule has 3 nitrogen and oxygen atoms in total. The Balaban J connectivity index is 1.54. The molecule has 0 saturated heterocycles. The zero-order valence-corrected chi connectivity index (χ0v) is 11.6. The number of hydrogen-bond acceptors (Lipinski definition) is 3. The van der Waals surface area contributed by atoms with Crippen molar-refractivity contribution >= 4 is 0 Å². The van der Waals surface area contributed by atoms with Crippen molar-refractivity contribution in [3.05, 3.63) is 65.5 Å². The van der Waals surface area contributed by atoms with E-state index in [1.54, 1.807) is 6.20 Å². The number of aromatic nitrogens is 1. The van der Waals surface area contributed by atoms with Gasteiger partial charge in [0.1, 0.15) is 0 Å². The molecule has 0 unspecified atom stereocenters. The highest BCUT2D eigenvalue weighted by Crippen LogP contribution is 2.42. The summed E-state index contributed by atoms with van der Waals surface area (Å²) in [6.45, 7) is 2.55. The van der Waals surface area contributed by atoms with E-state index in [9.17, 15) is 5.11 Å². The minimum absolute atomic E-state index is 0.126. The molecule has 1 saturated carbocycles. The maximum absolute atomic E-state index is 10.5. The van der Waals surface area contributed by atoms with Crippen LogP contribution in [0.1, 0.15) is 29.7 Å². The first-order valence-corrected chi connectivity index (χ1v) is 6.97. The van der Waals surface area contributed by atoms with Crippen molar-refractivity contribution in [1.29, 1.82) is 0 Å². The Morgan fingerprint density at radius 1 is 1.20 bits per heavy atom. The molecule has 2 aromatic rings. The molecule has 1 aromatic heterocycles. The number of pyridine rings is 1. The molecule has 0 amide bonds. The molecular weight excluding hydrogens is 250 g/mol. The lowest BCUT2D eigenvalue weighted by molar-refractivity contribution is -0.149. The predicted octanol–water partition coefficient (Wildman–Crippen LogP) is 2.96. The van der Waals surface area contributed by atoms with Gasteiger partial charge in [-0.15, -0.1) is 0 Å². The Kier molecular flexibility index (Phi) is 3.55. The second-order valence-electron chi connectivity index (χ2n) is 5.55. The minimum Gasteiger partial charge on any atom is -0.385 e. The largest absolute Gasteiger partial charge is 0.385 e. The van der Waals surface area contributed by atoms with Gasteiger partial charge in [0.05, 0.1) is 18.3 Å². The van der Waals surface area contributed by atoms with Crippen molar-refractivity contribution in [3.8, 4) is 0 Å². The lowest BCUT2D eigenvalue weighted by atomic mass is 9.73. The number of aryl methyl sites for hydroxylation is 1. The standard InChI is InChI=1S/C17H19NO2/c1-13-7-8-15(11-18-13)17(19)9-16(10-17)20-12-14-5-3-2-4-6-14/h2-8,11,16,19H,9-10,12H2,1H3. The Bertz CT molecular complexity index is 559. The maximum atomic E-state index is 10.5. The lowest BCUT2D eigenvalue weighted by Crippen LogP contribution is -2.45. The Morgan fingerprint density at radius 3 is 2.60 bits per heavy atom. The molecule has 0 aliphatic heterocycles. The quantitative estimate of drug-likeness (QED) is 0.928. The first-order valence-electron chi connectivity index (χ1n) is 6.97. The van der Waals surface area contributed by atoms with E-state index < -0.39 is 5.60 Å². The fraction of sp³-hybridized carbons (Fsp3) is 0.353. The summed E-state index contributed by atoms with van der Waals surface area (Å²) in [7, 11) is 0. The second kappa shape index (κ2) is 5.35. The highest BCUT2D eigenvalue weighted by atomic mass is 16.5. The summed E-state index contributed by atoms with van der Waals surface area (Å²) in [6.07, 6.45) is 3.18. The van der Waals surface area contributed by atoms with E-state index in [4.69, 9.17) is 4.74 Å². The Morgan fingerprint density at radius 2 is 1.95 bits per heavy atom. The summed E-state index contributed by atoms with van der Waals surface area (Å²) in [6, 6.07) is 14.0. The first-order chi connectivity index (χ1) is 9.66. The normalized spacial score (nSPS) is 25.2. The second-order valence-corrected chi connectivity index (χ2v) is 5.55. The Labute approximate surface area is 119 Å². The van der Waals surface area contributed by atoms with Gasteiger partial charge in [0.25, 0.3) is 0 Å². The van der Waals surface area contributed by atoms with Crippen LogP contribution in [0, 0.1) is 6.92 Å². The molecule has 20 heavy (non-hydrogen) atoms. The zero-order chi connectivity index (χ0) is 14.0. The number of aliphatic hydroxyl groups is 1. The summed E-state index contributed by atoms with van der Waals surface area (Å²) < 4.78 is 5.82. The topological polar surface area (TPSA) is 42.4 Å². The highest BCUT2D eigenvalue weighted by Gasteiger charge is 2.44. The van der Waals surface area contributed by atoms with Gasteiger partial charge in [-0.05, 0) is 18.6 Å². The molecule has 0 radical (unpaired) electrons. The van der Waals surface area contributed by atoms with Crippen LogP contribution in [0.5, 0.6) is 0 Å². The molecular formula is C17H19NO2. The molecule has 1 N–H and O–H groups in total. The summed E-state index contributed by atoms with van der Waals surface area (Å²) in [5.74, 6) is 0. The molecule has 0 spiro atoms. The monoisotopic (exact) mass is 269 g/mol. The molecule has 0 atom stereocenters. The highest BCUT2D eigenvalue weighted by molar-refractivity contribution is 5.24. The van der Waals surface area contributed by atoms with Crippen molar-refractivity contribution in [2.45, 2.75) is 38.1 Å². The summed E-state index contributed by atoms with van der Waals surface area (Å²) in [4.78, 5) is 4.25. The van der Waals surface area contributed by atoms with E-state index in [1.807, 2.05) is 37.3 Å². The number of nitrogens with zero attached hydrogens (tertiary/aromatic N) is 1. The van der Waals surface area contributed by atoms with Crippen LogP contribution in [0.3, 0.4) is 0 Å².